The maximum atomic E-state index is 13.8. The van der Waals surface area contributed by atoms with E-state index in [9.17, 15) is 22.8 Å². The third-order valence-corrected chi connectivity index (χ3v) is 6.64. The summed E-state index contributed by atoms with van der Waals surface area (Å²) < 4.78 is 47.7. The molecule has 0 saturated heterocycles. The minimum Gasteiger partial charge on any atom is -0.453 e. The van der Waals surface area contributed by atoms with Crippen LogP contribution in [0.1, 0.15) is 33.1 Å². The first-order valence-corrected chi connectivity index (χ1v) is 12.7. The van der Waals surface area contributed by atoms with E-state index in [-0.39, 0.29) is 11.1 Å². The number of anilines is 1. The number of halogens is 3. The van der Waals surface area contributed by atoms with Gasteiger partial charge in [0.15, 0.2) is 0 Å². The third-order valence-electron chi connectivity index (χ3n) is 6.64. The Morgan fingerprint density at radius 3 is 2.56 bits per heavy atom. The lowest BCUT2D eigenvalue weighted by Gasteiger charge is -2.20. The molecule has 0 saturated carbocycles. The number of imidazole rings is 1. The van der Waals surface area contributed by atoms with Gasteiger partial charge in [-0.1, -0.05) is 30.3 Å². The zero-order valence-electron chi connectivity index (χ0n) is 22.2. The van der Waals surface area contributed by atoms with Crippen molar-refractivity contribution in [3.63, 3.8) is 0 Å². The Kier molecular flexibility index (Phi) is 7.66. The lowest BCUT2D eigenvalue weighted by Crippen LogP contribution is -2.28. The molecule has 2 aromatic carbocycles. The van der Waals surface area contributed by atoms with Crippen LogP contribution in [0, 0.1) is 0 Å². The van der Waals surface area contributed by atoms with Crippen molar-refractivity contribution in [2.24, 2.45) is 0 Å². The number of pyridine rings is 1. The minimum absolute atomic E-state index is 0.0580. The summed E-state index contributed by atoms with van der Waals surface area (Å²) in [6.45, 7) is 0.357. The van der Waals surface area contributed by atoms with Crippen LogP contribution < -0.4 is 16.1 Å². The van der Waals surface area contributed by atoms with Gasteiger partial charge in [0.1, 0.15) is 17.2 Å². The monoisotopic (exact) mass is 564 g/mol. The topological polar surface area (TPSA) is 100 Å². The van der Waals surface area contributed by atoms with Crippen molar-refractivity contribution in [1.29, 1.82) is 0 Å². The van der Waals surface area contributed by atoms with E-state index >= 15 is 0 Å². The number of nitrogens with zero attached hydrogens (tertiary/aromatic N) is 3. The van der Waals surface area contributed by atoms with Crippen LogP contribution in [-0.4, -0.2) is 47.1 Å². The second-order valence-corrected chi connectivity index (χ2v) is 9.42. The number of hydrazine groups is 1. The summed E-state index contributed by atoms with van der Waals surface area (Å²) in [5, 5.41) is 7.06. The van der Waals surface area contributed by atoms with E-state index in [1.165, 1.54) is 19.2 Å². The molecule has 4 aromatic rings. The first-order valence-electron chi connectivity index (χ1n) is 12.7. The lowest BCUT2D eigenvalue weighted by atomic mass is 9.97. The number of alkyl carbamates (subject to hydrolysis) is 1. The van der Waals surface area contributed by atoms with Crippen LogP contribution in [0.5, 0.6) is 0 Å². The number of rotatable bonds is 7. The van der Waals surface area contributed by atoms with Gasteiger partial charge in [-0.05, 0) is 54.0 Å². The van der Waals surface area contributed by atoms with Gasteiger partial charge in [0, 0.05) is 37.1 Å². The van der Waals surface area contributed by atoms with Crippen molar-refractivity contribution in [2.45, 2.75) is 18.6 Å². The van der Waals surface area contributed by atoms with Gasteiger partial charge >= 0.3 is 12.3 Å². The highest BCUT2D eigenvalue weighted by molar-refractivity contribution is 6.06. The van der Waals surface area contributed by atoms with Crippen LogP contribution in [0.2, 0.25) is 0 Å². The summed E-state index contributed by atoms with van der Waals surface area (Å²) in [4.78, 5) is 29.6. The van der Waals surface area contributed by atoms with Gasteiger partial charge in [0.2, 0.25) is 0 Å². The number of methoxy groups -OCH3 is 1. The summed E-state index contributed by atoms with van der Waals surface area (Å²) in [6, 6.07) is 15.5. The highest BCUT2D eigenvalue weighted by Gasteiger charge is 2.36. The van der Waals surface area contributed by atoms with Gasteiger partial charge in [-0.3, -0.25) is 9.20 Å². The molecule has 2 aromatic heterocycles. The Labute approximate surface area is 233 Å². The van der Waals surface area contributed by atoms with Gasteiger partial charge in [-0.15, -0.1) is 0 Å². The highest BCUT2D eigenvalue weighted by Crippen LogP contribution is 2.37. The van der Waals surface area contributed by atoms with Crippen LogP contribution in [0.25, 0.3) is 16.9 Å². The van der Waals surface area contributed by atoms with Crippen molar-refractivity contribution < 1.29 is 27.5 Å². The Morgan fingerprint density at radius 2 is 1.88 bits per heavy atom. The van der Waals surface area contributed by atoms with E-state index in [4.69, 9.17) is 4.98 Å². The summed E-state index contributed by atoms with van der Waals surface area (Å²) in [5.41, 5.74) is 4.80. The van der Waals surface area contributed by atoms with Crippen LogP contribution in [0.15, 0.2) is 79.1 Å². The number of nitrogens with one attached hydrogen (secondary N) is 3. The summed E-state index contributed by atoms with van der Waals surface area (Å²) >= 11 is 0. The molecule has 2 amide bonds. The second kappa shape index (κ2) is 11.3. The first kappa shape index (κ1) is 27.7. The molecule has 9 nitrogen and oxygen atoms in total. The summed E-state index contributed by atoms with van der Waals surface area (Å²) in [5.74, 6) is -0.212. The summed E-state index contributed by atoms with van der Waals surface area (Å²) in [6.07, 6.45) is 0.381. The van der Waals surface area contributed by atoms with E-state index in [1.54, 1.807) is 34.9 Å². The maximum absolute atomic E-state index is 13.8. The average molecular weight is 565 g/mol. The zero-order valence-corrected chi connectivity index (χ0v) is 22.2. The molecule has 1 aliphatic heterocycles. The Hall–Kier alpha value is -4.84. The largest absolute Gasteiger partial charge is 0.453 e. The predicted octanol–water partition coefficient (Wildman–Crippen LogP) is 5.18. The predicted molar refractivity (Wildman–Crippen MR) is 147 cm³/mol. The number of amides is 2. The third kappa shape index (κ3) is 6.02. The standard InChI is InChI=1S/C29H27F3N6O3/c1-37-14-12-23(36-37)21-17-20(8-9-22(21)29(30,31)32)27(39)35-26-25(19-6-4-3-5-7-19)34-24-16-18(11-15-38(24)26)10-13-33-28(40)41-2/h3-9,11-12,14-17,23,36H,10,13H2,1-2H3,(H,33,40)(H,35,39). The van der Waals surface area contributed by atoms with E-state index in [1.807, 2.05) is 42.5 Å². The van der Waals surface area contributed by atoms with Gasteiger partial charge in [-0.25, -0.2) is 15.2 Å². The molecule has 0 fully saturated rings. The number of carbonyl (C=O) groups is 2. The number of fused-ring (bicyclic) bond motifs is 1. The Morgan fingerprint density at radius 1 is 1.10 bits per heavy atom. The van der Waals surface area contributed by atoms with E-state index in [0.29, 0.717) is 30.1 Å². The Bertz CT molecular complexity index is 1620. The number of hydrogen-bond donors (Lipinski definition) is 3. The SMILES string of the molecule is COC(=O)NCCc1ccn2c(NC(=O)c3ccc(C(F)(F)F)c(C4C=CN(C)N4)c3)c(-c3ccccc3)nc2c1. The lowest BCUT2D eigenvalue weighted by molar-refractivity contribution is -0.138. The van der Waals surface area contributed by atoms with Crippen molar-refractivity contribution in [2.75, 3.05) is 26.0 Å². The smallest absolute Gasteiger partial charge is 0.416 e. The first-order chi connectivity index (χ1) is 19.6. The fourth-order valence-electron chi connectivity index (χ4n) is 4.63. The fourth-order valence-corrected chi connectivity index (χ4v) is 4.63. The number of aromatic nitrogens is 2. The van der Waals surface area contributed by atoms with Crippen LogP contribution >= 0.6 is 0 Å². The second-order valence-electron chi connectivity index (χ2n) is 9.42. The molecule has 5 rings (SSSR count). The molecular formula is C29H27F3N6O3. The molecule has 0 spiro atoms. The number of alkyl halides is 3. The molecule has 0 bridgehead atoms. The minimum atomic E-state index is -4.59. The van der Waals surface area contributed by atoms with Crippen molar-refractivity contribution >= 4 is 23.5 Å². The van der Waals surface area contributed by atoms with Crippen molar-refractivity contribution in [3.8, 4) is 11.3 Å². The molecule has 3 heterocycles. The Balaban J connectivity index is 1.49. The number of hydrogen-bond acceptors (Lipinski definition) is 6. The van der Waals surface area contributed by atoms with Gasteiger partial charge in [-0.2, -0.15) is 13.2 Å². The van der Waals surface area contributed by atoms with Gasteiger partial charge in [0.05, 0.1) is 18.7 Å². The molecule has 12 heteroatoms. The van der Waals surface area contributed by atoms with Gasteiger partial charge < -0.3 is 20.4 Å². The van der Waals surface area contributed by atoms with E-state index in [0.717, 1.165) is 17.2 Å². The molecule has 1 unspecified atom stereocenters. The van der Waals surface area contributed by atoms with Crippen molar-refractivity contribution in [1.82, 2.24) is 25.1 Å². The van der Waals surface area contributed by atoms with Crippen molar-refractivity contribution in [3.05, 3.63) is 101 Å². The number of ether oxygens (including phenoxy) is 1. The average Bonchev–Trinajstić information content (AvgIpc) is 3.55. The normalized spacial score (nSPS) is 14.9. The van der Waals surface area contributed by atoms with Crippen LogP contribution in [0.4, 0.5) is 23.8 Å². The zero-order chi connectivity index (χ0) is 29.1. The molecule has 0 aliphatic carbocycles. The van der Waals surface area contributed by atoms with Crippen LogP contribution in [-0.2, 0) is 17.3 Å². The van der Waals surface area contributed by atoms with Gasteiger partial charge in [0.25, 0.3) is 5.91 Å². The molecule has 0 radical (unpaired) electrons. The quantitative estimate of drug-likeness (QED) is 0.286. The van der Waals surface area contributed by atoms with E-state index < -0.39 is 29.8 Å². The molecular weight excluding hydrogens is 537 g/mol. The molecule has 212 valence electrons. The fraction of sp³-hybridized carbons (Fsp3) is 0.207. The number of carbonyl (C=O) groups excluding carboxylic acids is 2. The molecule has 1 aliphatic rings. The molecule has 3 N–H and O–H groups in total. The maximum Gasteiger partial charge on any atom is 0.416 e. The van der Waals surface area contributed by atoms with E-state index in [2.05, 4.69) is 20.8 Å². The molecule has 41 heavy (non-hydrogen) atoms. The highest BCUT2D eigenvalue weighted by atomic mass is 19.4. The summed E-state index contributed by atoms with van der Waals surface area (Å²) in [7, 11) is 2.97. The number of benzene rings is 2. The van der Waals surface area contributed by atoms with Crippen LogP contribution in [0.3, 0.4) is 0 Å². The molecule has 1 atom stereocenters.